The van der Waals surface area contributed by atoms with Crippen LogP contribution in [0.3, 0.4) is 0 Å². The minimum absolute atomic E-state index is 0.0952. The predicted molar refractivity (Wildman–Crippen MR) is 133 cm³/mol. The van der Waals surface area contributed by atoms with Crippen LogP contribution in [0.25, 0.3) is 22.6 Å². The first-order valence-corrected chi connectivity index (χ1v) is 12.9. The maximum Gasteiger partial charge on any atom is 0.322 e. The molecule has 0 bridgehead atoms. The molecular formula is C25H25NO6S2. The average Bonchev–Trinajstić information content (AvgIpc) is 3.36. The van der Waals surface area contributed by atoms with Gasteiger partial charge in [-0.15, -0.1) is 11.3 Å². The number of thiophene rings is 1. The SMILES string of the molecule is CCC(C(=O)O)N1Cc2sc(-c3ccc(/C=C/c4cc(OC)cc(OC)c4)cc3)cc2S1(=O)=O. The summed E-state index contributed by atoms with van der Waals surface area (Å²) in [5.41, 5.74) is 2.84. The number of nitrogens with zero attached hydrogens (tertiary/aromatic N) is 1. The number of hydrogen-bond donors (Lipinski definition) is 1. The summed E-state index contributed by atoms with van der Waals surface area (Å²) in [5.74, 6) is 0.293. The zero-order valence-corrected chi connectivity index (χ0v) is 20.7. The molecule has 1 aliphatic heterocycles. The van der Waals surface area contributed by atoms with Crippen molar-refractivity contribution in [3.8, 4) is 21.9 Å². The maximum absolute atomic E-state index is 12.9. The molecule has 0 amide bonds. The first-order chi connectivity index (χ1) is 16.3. The van der Waals surface area contributed by atoms with E-state index in [1.807, 2.05) is 54.6 Å². The minimum Gasteiger partial charge on any atom is -0.497 e. The van der Waals surface area contributed by atoms with E-state index in [1.165, 1.54) is 11.3 Å². The van der Waals surface area contributed by atoms with Crippen molar-refractivity contribution in [2.24, 2.45) is 0 Å². The lowest BCUT2D eigenvalue weighted by molar-refractivity contribution is -0.141. The predicted octanol–water partition coefficient (Wildman–Crippen LogP) is 4.97. The van der Waals surface area contributed by atoms with Gasteiger partial charge in [-0.3, -0.25) is 4.79 Å². The van der Waals surface area contributed by atoms with E-state index < -0.39 is 22.0 Å². The summed E-state index contributed by atoms with van der Waals surface area (Å²) in [5, 5.41) is 9.39. The Bertz CT molecular complexity index is 1320. The van der Waals surface area contributed by atoms with Crippen LogP contribution in [0.15, 0.2) is 53.4 Å². The summed E-state index contributed by atoms with van der Waals surface area (Å²) in [6.07, 6.45) is 4.16. The van der Waals surface area contributed by atoms with Crippen molar-refractivity contribution in [2.75, 3.05) is 14.2 Å². The van der Waals surface area contributed by atoms with Crippen molar-refractivity contribution in [2.45, 2.75) is 30.8 Å². The fourth-order valence-electron chi connectivity index (χ4n) is 3.89. The van der Waals surface area contributed by atoms with E-state index >= 15 is 0 Å². The Morgan fingerprint density at radius 2 is 1.68 bits per heavy atom. The van der Waals surface area contributed by atoms with Crippen LogP contribution in [-0.2, 0) is 21.4 Å². The Morgan fingerprint density at radius 3 is 2.21 bits per heavy atom. The van der Waals surface area contributed by atoms with Gasteiger partial charge in [0.05, 0.1) is 25.7 Å². The molecule has 0 aliphatic carbocycles. The van der Waals surface area contributed by atoms with Crippen LogP contribution in [0.1, 0.15) is 29.3 Å². The fraction of sp³-hybridized carbons (Fsp3) is 0.240. The molecular weight excluding hydrogens is 474 g/mol. The van der Waals surface area contributed by atoms with E-state index in [0.717, 1.165) is 25.9 Å². The monoisotopic (exact) mass is 499 g/mol. The number of carboxylic acid groups (broad SMARTS) is 1. The van der Waals surface area contributed by atoms with Crippen LogP contribution in [-0.4, -0.2) is 44.1 Å². The number of rotatable bonds is 8. The van der Waals surface area contributed by atoms with Crippen molar-refractivity contribution in [1.29, 1.82) is 0 Å². The van der Waals surface area contributed by atoms with Gasteiger partial charge in [-0.25, -0.2) is 8.42 Å². The molecule has 4 rings (SSSR count). The van der Waals surface area contributed by atoms with Gasteiger partial charge in [0, 0.05) is 15.8 Å². The molecule has 178 valence electrons. The van der Waals surface area contributed by atoms with E-state index in [4.69, 9.17) is 9.47 Å². The third kappa shape index (κ3) is 4.59. The zero-order chi connectivity index (χ0) is 24.5. The van der Waals surface area contributed by atoms with Gasteiger partial charge in [0.15, 0.2) is 0 Å². The van der Waals surface area contributed by atoms with Crippen molar-refractivity contribution in [1.82, 2.24) is 4.31 Å². The Morgan fingerprint density at radius 1 is 1.06 bits per heavy atom. The van der Waals surface area contributed by atoms with Gasteiger partial charge in [-0.2, -0.15) is 4.31 Å². The van der Waals surface area contributed by atoms with E-state index in [9.17, 15) is 18.3 Å². The van der Waals surface area contributed by atoms with Gasteiger partial charge in [-0.05, 0) is 41.3 Å². The lowest BCUT2D eigenvalue weighted by Crippen LogP contribution is -2.40. The second-order valence-electron chi connectivity index (χ2n) is 7.81. The Kier molecular flexibility index (Phi) is 6.79. The molecule has 1 unspecified atom stereocenters. The number of ether oxygens (including phenoxy) is 2. The van der Waals surface area contributed by atoms with Gasteiger partial charge in [0.25, 0.3) is 0 Å². The highest BCUT2D eigenvalue weighted by Crippen LogP contribution is 2.42. The smallest absolute Gasteiger partial charge is 0.322 e. The van der Waals surface area contributed by atoms with Crippen molar-refractivity contribution in [3.63, 3.8) is 0 Å². The molecule has 2 heterocycles. The Labute approximate surface area is 202 Å². The topological polar surface area (TPSA) is 93.1 Å². The van der Waals surface area contributed by atoms with Gasteiger partial charge in [0.1, 0.15) is 17.5 Å². The van der Waals surface area contributed by atoms with E-state index in [1.54, 1.807) is 27.2 Å². The molecule has 3 aromatic rings. The Hall–Kier alpha value is -3.14. The molecule has 1 aromatic heterocycles. The van der Waals surface area contributed by atoms with Gasteiger partial charge in [-0.1, -0.05) is 43.3 Å². The third-order valence-electron chi connectivity index (χ3n) is 5.71. The molecule has 1 N–H and O–H groups in total. The first-order valence-electron chi connectivity index (χ1n) is 10.7. The number of hydrogen-bond acceptors (Lipinski definition) is 6. The number of benzene rings is 2. The van der Waals surface area contributed by atoms with E-state index in [2.05, 4.69) is 0 Å². The highest BCUT2D eigenvalue weighted by atomic mass is 32.2. The van der Waals surface area contributed by atoms with Gasteiger partial charge >= 0.3 is 5.97 Å². The molecule has 1 aliphatic rings. The molecule has 1 atom stereocenters. The summed E-state index contributed by atoms with van der Waals surface area (Å²) >= 11 is 1.39. The number of methoxy groups -OCH3 is 2. The number of carboxylic acids is 1. The van der Waals surface area contributed by atoms with Crippen molar-refractivity contribution in [3.05, 3.63) is 64.5 Å². The number of carbonyl (C=O) groups is 1. The average molecular weight is 500 g/mol. The summed E-state index contributed by atoms with van der Waals surface area (Å²) in [7, 11) is -0.598. The van der Waals surface area contributed by atoms with Crippen LogP contribution in [0.2, 0.25) is 0 Å². The highest BCUT2D eigenvalue weighted by molar-refractivity contribution is 7.89. The summed E-state index contributed by atoms with van der Waals surface area (Å²) in [6.45, 7) is 1.77. The van der Waals surface area contributed by atoms with Crippen LogP contribution in [0.5, 0.6) is 11.5 Å². The van der Waals surface area contributed by atoms with Crippen LogP contribution in [0, 0.1) is 0 Å². The molecule has 0 saturated heterocycles. The standard InChI is InChI=1S/C25H25NO6S2/c1-4-21(25(27)28)26-15-23-24(34(26,29)30)14-22(33-23)18-9-7-16(8-10-18)5-6-17-11-19(31-2)13-20(12-17)32-3/h5-14,21H,4,15H2,1-3H3,(H,27,28)/b6-5+. The second kappa shape index (κ2) is 9.61. The quantitative estimate of drug-likeness (QED) is 0.440. The first kappa shape index (κ1) is 24.0. The summed E-state index contributed by atoms with van der Waals surface area (Å²) in [6, 6.07) is 14.1. The molecule has 0 saturated carbocycles. The fourth-order valence-corrected chi connectivity index (χ4v) is 7.29. The third-order valence-corrected chi connectivity index (χ3v) is 8.93. The molecule has 0 spiro atoms. The van der Waals surface area contributed by atoms with E-state index in [-0.39, 0.29) is 17.9 Å². The Balaban J connectivity index is 1.54. The maximum atomic E-state index is 12.9. The van der Waals surface area contributed by atoms with Crippen LogP contribution < -0.4 is 9.47 Å². The second-order valence-corrected chi connectivity index (χ2v) is 10.8. The van der Waals surface area contributed by atoms with Gasteiger partial charge < -0.3 is 14.6 Å². The van der Waals surface area contributed by atoms with Crippen LogP contribution in [0.4, 0.5) is 0 Å². The number of sulfonamides is 1. The molecule has 2 aromatic carbocycles. The van der Waals surface area contributed by atoms with Crippen LogP contribution >= 0.6 is 11.3 Å². The number of aliphatic carboxylic acids is 1. The van der Waals surface area contributed by atoms with Gasteiger partial charge in [0.2, 0.25) is 10.0 Å². The summed E-state index contributed by atoms with van der Waals surface area (Å²) < 4.78 is 37.6. The molecule has 0 fully saturated rings. The summed E-state index contributed by atoms with van der Waals surface area (Å²) in [4.78, 5) is 13.2. The largest absolute Gasteiger partial charge is 0.497 e. The molecule has 0 radical (unpaired) electrons. The lowest BCUT2D eigenvalue weighted by atomic mass is 10.1. The van der Waals surface area contributed by atoms with Crippen molar-refractivity contribution >= 4 is 39.5 Å². The number of fused-ring (bicyclic) bond motifs is 1. The zero-order valence-electron chi connectivity index (χ0n) is 19.0. The molecule has 7 nitrogen and oxygen atoms in total. The normalized spacial score (nSPS) is 15.9. The van der Waals surface area contributed by atoms with Crippen molar-refractivity contribution < 1.29 is 27.8 Å². The minimum atomic E-state index is -3.82. The molecule has 34 heavy (non-hydrogen) atoms. The highest BCUT2D eigenvalue weighted by Gasteiger charge is 2.43. The lowest BCUT2D eigenvalue weighted by Gasteiger charge is -2.21. The van der Waals surface area contributed by atoms with E-state index in [0.29, 0.717) is 16.4 Å². The molecule has 9 heteroatoms.